The highest BCUT2D eigenvalue weighted by atomic mass is 32.2. The van der Waals surface area contributed by atoms with Crippen molar-refractivity contribution in [2.75, 3.05) is 11.8 Å². The fraction of sp³-hybridized carbons (Fsp3) is 0.571. The Bertz CT molecular complexity index is 1080. The van der Waals surface area contributed by atoms with Crippen LogP contribution >= 0.6 is 23.5 Å². The van der Waals surface area contributed by atoms with E-state index in [0.717, 1.165) is 36.5 Å². The summed E-state index contributed by atoms with van der Waals surface area (Å²) in [6.45, 7) is 3.98. The average Bonchev–Trinajstić information content (AvgIpc) is 3.47. The van der Waals surface area contributed by atoms with Crippen molar-refractivity contribution in [3.8, 4) is 5.75 Å². The lowest BCUT2D eigenvalue weighted by atomic mass is 9.71. The molecule has 2 aromatic rings. The minimum absolute atomic E-state index is 0.213. The van der Waals surface area contributed by atoms with Crippen molar-refractivity contribution in [3.05, 3.63) is 45.4 Å². The largest absolute Gasteiger partial charge is 0.495 e. The molecular formula is C28H37N3O3S2. The number of methoxy groups -OCH3 is 1. The molecule has 2 heterocycles. The molecule has 6 nitrogen and oxygen atoms in total. The van der Waals surface area contributed by atoms with Crippen LogP contribution in [0.25, 0.3) is 5.57 Å². The van der Waals surface area contributed by atoms with Crippen molar-refractivity contribution in [1.29, 1.82) is 0 Å². The summed E-state index contributed by atoms with van der Waals surface area (Å²) < 4.78 is 10.9. The van der Waals surface area contributed by atoms with Crippen molar-refractivity contribution >= 4 is 40.7 Å². The summed E-state index contributed by atoms with van der Waals surface area (Å²) in [6, 6.07) is 4.87. The van der Waals surface area contributed by atoms with Crippen LogP contribution in [-0.4, -0.2) is 27.5 Å². The molecule has 1 aromatic heterocycles. The molecular weight excluding hydrogens is 490 g/mol. The summed E-state index contributed by atoms with van der Waals surface area (Å²) in [5, 5.41) is 10.4. The fourth-order valence-electron chi connectivity index (χ4n) is 6.07. The van der Waals surface area contributed by atoms with E-state index in [-0.39, 0.29) is 5.56 Å². The molecule has 8 heteroatoms. The molecule has 0 saturated heterocycles. The first-order chi connectivity index (χ1) is 17.5. The highest BCUT2D eigenvalue weighted by Crippen LogP contribution is 2.43. The van der Waals surface area contributed by atoms with Gasteiger partial charge in [0.25, 0.3) is 0 Å². The van der Waals surface area contributed by atoms with E-state index in [9.17, 15) is 9.90 Å². The summed E-state index contributed by atoms with van der Waals surface area (Å²) >= 11 is 3.37. The Morgan fingerprint density at radius 3 is 2.72 bits per heavy atom. The normalized spacial score (nSPS) is 24.3. The van der Waals surface area contributed by atoms with E-state index in [0.29, 0.717) is 5.75 Å². The van der Waals surface area contributed by atoms with Crippen LogP contribution < -0.4 is 9.46 Å². The molecule has 1 aromatic carbocycles. The van der Waals surface area contributed by atoms with E-state index in [2.05, 4.69) is 22.0 Å². The van der Waals surface area contributed by atoms with Crippen molar-refractivity contribution in [2.24, 2.45) is 17.8 Å². The summed E-state index contributed by atoms with van der Waals surface area (Å²) in [4.78, 5) is 17.6. The topological polar surface area (TPSA) is 74.7 Å². The van der Waals surface area contributed by atoms with Gasteiger partial charge in [0, 0.05) is 23.6 Å². The number of aromatic carboxylic acids is 1. The van der Waals surface area contributed by atoms with Gasteiger partial charge in [-0.1, -0.05) is 38.7 Å². The van der Waals surface area contributed by atoms with Gasteiger partial charge in [-0.3, -0.25) is 0 Å². The Labute approximate surface area is 222 Å². The number of fused-ring (bicyclic) bond motifs is 1. The number of carbonyl (C=O) groups is 1. The zero-order chi connectivity index (χ0) is 25.1. The maximum Gasteiger partial charge on any atom is 0.335 e. The lowest BCUT2D eigenvalue weighted by Crippen LogP contribution is -2.23. The molecule has 1 atom stereocenters. The molecule has 2 aliphatic carbocycles. The number of carboxylic acid groups (broad SMARTS) is 1. The smallest absolute Gasteiger partial charge is 0.335 e. The van der Waals surface area contributed by atoms with E-state index in [4.69, 9.17) is 9.72 Å². The number of hydrogen-bond acceptors (Lipinski definition) is 7. The van der Waals surface area contributed by atoms with Crippen LogP contribution in [-0.2, 0) is 13.1 Å². The third-order valence-electron chi connectivity index (χ3n) is 8.14. The number of rotatable bonds is 9. The Kier molecular flexibility index (Phi) is 8.23. The molecule has 0 spiro atoms. The first kappa shape index (κ1) is 25.6. The summed E-state index contributed by atoms with van der Waals surface area (Å²) in [5.41, 5.74) is 3.63. The number of benzene rings is 1. The van der Waals surface area contributed by atoms with Gasteiger partial charge in [0.15, 0.2) is 0 Å². The van der Waals surface area contributed by atoms with Crippen LogP contribution in [0.4, 0.5) is 5.69 Å². The quantitative estimate of drug-likeness (QED) is 0.325. The monoisotopic (exact) mass is 527 g/mol. The molecule has 5 rings (SSSR count). The van der Waals surface area contributed by atoms with Crippen LogP contribution in [0, 0.1) is 17.8 Å². The van der Waals surface area contributed by atoms with Crippen molar-refractivity contribution < 1.29 is 14.6 Å². The second kappa shape index (κ2) is 11.6. The van der Waals surface area contributed by atoms with Crippen LogP contribution in [0.5, 0.6) is 5.75 Å². The molecule has 3 aliphatic rings. The Balaban J connectivity index is 1.12. The molecule has 194 valence electrons. The maximum atomic E-state index is 11.2. The number of hydrogen-bond donors (Lipinski definition) is 2. The van der Waals surface area contributed by atoms with Crippen LogP contribution in [0.2, 0.25) is 0 Å². The summed E-state index contributed by atoms with van der Waals surface area (Å²) in [5.74, 6) is 2.37. The molecule has 1 fully saturated rings. The fourth-order valence-corrected chi connectivity index (χ4v) is 8.08. The van der Waals surface area contributed by atoms with E-state index in [1.54, 1.807) is 25.3 Å². The molecule has 0 bridgehead atoms. The van der Waals surface area contributed by atoms with Crippen molar-refractivity contribution in [2.45, 2.75) is 77.8 Å². The van der Waals surface area contributed by atoms with Gasteiger partial charge in [-0.05, 0) is 73.6 Å². The highest BCUT2D eigenvalue weighted by molar-refractivity contribution is 7.98. The van der Waals surface area contributed by atoms with Gasteiger partial charge in [-0.15, -0.1) is 11.3 Å². The van der Waals surface area contributed by atoms with E-state index in [1.807, 2.05) is 11.3 Å². The van der Waals surface area contributed by atoms with Crippen molar-refractivity contribution in [3.63, 3.8) is 0 Å². The summed E-state index contributed by atoms with van der Waals surface area (Å²) in [7, 11) is 1.55. The number of nitrogens with one attached hydrogen (secondary N) is 1. The van der Waals surface area contributed by atoms with Crippen LogP contribution in [0.15, 0.2) is 24.3 Å². The predicted octanol–water partition coefficient (Wildman–Crippen LogP) is 7.63. The molecule has 0 radical (unpaired) electrons. The average molecular weight is 528 g/mol. The van der Waals surface area contributed by atoms with Gasteiger partial charge >= 0.3 is 5.97 Å². The Hall–Kier alpha value is -2.03. The lowest BCUT2D eigenvalue weighted by Gasteiger charge is -2.35. The third kappa shape index (κ3) is 5.76. The van der Waals surface area contributed by atoms with E-state index < -0.39 is 5.97 Å². The zero-order valence-electron chi connectivity index (χ0n) is 21.3. The third-order valence-corrected chi connectivity index (χ3v) is 10.1. The van der Waals surface area contributed by atoms with E-state index in [1.165, 1.54) is 91.1 Å². The maximum absolute atomic E-state index is 11.2. The number of carboxylic acids is 1. The molecule has 36 heavy (non-hydrogen) atoms. The molecule has 2 N–H and O–H groups in total. The SMILES string of the molecule is CCCC1CCC(C2CC=C(c3nc4c(s3)CN(SNc3ccc(C(=O)O)cc3OC)C4)CC2)CC1. The highest BCUT2D eigenvalue weighted by Gasteiger charge is 2.30. The standard InChI is InChI=1S/C28H37N3O3S2/c1-3-4-18-5-7-19(8-6-18)20-9-11-21(12-10-20)27-29-24-16-31(17-26(24)35-27)36-30-23-14-13-22(28(32)33)15-25(23)34-2/h11,13-15,18-20,30H,3-10,12,16-17H2,1-2H3,(H,32,33). The molecule has 1 aliphatic heterocycles. The van der Waals surface area contributed by atoms with Gasteiger partial charge in [0.1, 0.15) is 10.8 Å². The van der Waals surface area contributed by atoms with Gasteiger partial charge in [-0.2, -0.15) is 0 Å². The van der Waals surface area contributed by atoms with Crippen LogP contribution in [0.3, 0.4) is 0 Å². The van der Waals surface area contributed by atoms with Gasteiger partial charge in [0.2, 0.25) is 0 Å². The zero-order valence-corrected chi connectivity index (χ0v) is 22.9. The second-order valence-electron chi connectivity index (χ2n) is 10.4. The van der Waals surface area contributed by atoms with E-state index >= 15 is 0 Å². The summed E-state index contributed by atoms with van der Waals surface area (Å²) in [6.07, 6.45) is 14.8. The Morgan fingerprint density at radius 2 is 2.06 bits per heavy atom. The number of anilines is 1. The molecule has 0 amide bonds. The molecule has 1 saturated carbocycles. The number of thiazole rings is 1. The predicted molar refractivity (Wildman–Crippen MR) is 148 cm³/mol. The molecule has 1 unspecified atom stereocenters. The van der Waals surface area contributed by atoms with Gasteiger partial charge in [-0.25, -0.2) is 14.1 Å². The minimum Gasteiger partial charge on any atom is -0.495 e. The first-order valence-electron chi connectivity index (χ1n) is 13.3. The van der Waals surface area contributed by atoms with Gasteiger partial charge in [0.05, 0.1) is 30.6 Å². The number of allylic oxidation sites excluding steroid dienone is 2. The number of aromatic nitrogens is 1. The number of nitrogens with zero attached hydrogens (tertiary/aromatic N) is 2. The Morgan fingerprint density at radius 1 is 1.22 bits per heavy atom. The first-order valence-corrected chi connectivity index (χ1v) is 14.9. The van der Waals surface area contributed by atoms with Crippen molar-refractivity contribution in [1.82, 2.24) is 9.29 Å². The van der Waals surface area contributed by atoms with Gasteiger partial charge < -0.3 is 14.6 Å². The van der Waals surface area contributed by atoms with Crippen LogP contribution in [0.1, 0.15) is 90.6 Å². The second-order valence-corrected chi connectivity index (χ2v) is 12.4. The lowest BCUT2D eigenvalue weighted by molar-refractivity contribution is 0.0696. The minimum atomic E-state index is -0.962. The number of ether oxygens (including phenoxy) is 1.